The molecule has 1 fully saturated rings. The van der Waals surface area contributed by atoms with Crippen LogP contribution in [0, 0.1) is 0 Å². The van der Waals surface area contributed by atoms with Gasteiger partial charge in [-0.25, -0.2) is 4.98 Å². The maximum absolute atomic E-state index is 12.5. The Morgan fingerprint density at radius 1 is 1.00 bits per heavy atom. The lowest BCUT2D eigenvalue weighted by Gasteiger charge is -2.36. The summed E-state index contributed by atoms with van der Waals surface area (Å²) >= 11 is 3.39. The molecule has 108 valence electrons. The standard InChI is InChI=1S/C16H16BrN3O/c17-14-7-4-8-18-15(14)16(21)20-11-9-19(10-12-20)13-5-2-1-3-6-13/h1-8H,9-12H2. The molecule has 0 unspecified atom stereocenters. The largest absolute Gasteiger partial charge is 0.368 e. The molecule has 1 amide bonds. The first-order valence-electron chi connectivity index (χ1n) is 6.95. The Balaban J connectivity index is 1.66. The van der Waals surface area contributed by atoms with Gasteiger partial charge in [-0.1, -0.05) is 18.2 Å². The number of pyridine rings is 1. The van der Waals surface area contributed by atoms with E-state index in [1.54, 1.807) is 6.20 Å². The SMILES string of the molecule is O=C(c1ncccc1Br)N1CCN(c2ccccc2)CC1. The van der Waals surface area contributed by atoms with Gasteiger partial charge in [0.1, 0.15) is 5.69 Å². The molecule has 1 aromatic heterocycles. The molecular formula is C16H16BrN3O. The molecular weight excluding hydrogens is 330 g/mol. The monoisotopic (exact) mass is 345 g/mol. The Labute approximate surface area is 132 Å². The van der Waals surface area contributed by atoms with Gasteiger partial charge in [-0.3, -0.25) is 4.79 Å². The fraction of sp³-hybridized carbons (Fsp3) is 0.250. The quantitative estimate of drug-likeness (QED) is 0.839. The lowest BCUT2D eigenvalue weighted by molar-refractivity contribution is 0.0740. The average Bonchev–Trinajstić information content (AvgIpc) is 2.56. The van der Waals surface area contributed by atoms with Crippen LogP contribution in [0.3, 0.4) is 0 Å². The zero-order valence-electron chi connectivity index (χ0n) is 11.6. The molecule has 0 radical (unpaired) electrons. The van der Waals surface area contributed by atoms with Crippen LogP contribution >= 0.6 is 15.9 Å². The minimum Gasteiger partial charge on any atom is -0.368 e. The second kappa shape index (κ2) is 6.26. The molecule has 21 heavy (non-hydrogen) atoms. The lowest BCUT2D eigenvalue weighted by Crippen LogP contribution is -2.49. The Hall–Kier alpha value is -1.88. The molecule has 0 N–H and O–H groups in total. The van der Waals surface area contributed by atoms with Crippen LogP contribution in [0.15, 0.2) is 53.1 Å². The Bertz CT molecular complexity index is 624. The van der Waals surface area contributed by atoms with Crippen LogP contribution < -0.4 is 4.90 Å². The molecule has 1 aromatic carbocycles. The van der Waals surface area contributed by atoms with Crippen LogP contribution in [0.5, 0.6) is 0 Å². The molecule has 2 aromatic rings. The molecule has 4 nitrogen and oxygen atoms in total. The number of nitrogens with zero attached hydrogens (tertiary/aromatic N) is 3. The van der Waals surface area contributed by atoms with E-state index in [1.807, 2.05) is 35.2 Å². The number of rotatable bonds is 2. The van der Waals surface area contributed by atoms with Crippen molar-refractivity contribution in [3.05, 3.63) is 58.8 Å². The maximum Gasteiger partial charge on any atom is 0.273 e. The molecule has 0 spiro atoms. The number of amides is 1. The van der Waals surface area contributed by atoms with Crippen LogP contribution in [0.4, 0.5) is 5.69 Å². The van der Waals surface area contributed by atoms with E-state index < -0.39 is 0 Å². The average molecular weight is 346 g/mol. The summed E-state index contributed by atoms with van der Waals surface area (Å²) < 4.78 is 0.750. The molecule has 1 saturated heterocycles. The number of benzene rings is 1. The Kier molecular flexibility index (Phi) is 4.20. The first-order valence-corrected chi connectivity index (χ1v) is 7.75. The van der Waals surface area contributed by atoms with E-state index in [0.717, 1.165) is 30.7 Å². The number of piperazine rings is 1. The van der Waals surface area contributed by atoms with Crippen molar-refractivity contribution in [3.8, 4) is 0 Å². The van der Waals surface area contributed by atoms with E-state index in [2.05, 4.69) is 37.9 Å². The van der Waals surface area contributed by atoms with Crippen LogP contribution in [0.25, 0.3) is 0 Å². The topological polar surface area (TPSA) is 36.4 Å². The van der Waals surface area contributed by atoms with Crippen molar-refractivity contribution in [1.82, 2.24) is 9.88 Å². The summed E-state index contributed by atoms with van der Waals surface area (Å²) in [4.78, 5) is 20.8. The zero-order chi connectivity index (χ0) is 14.7. The second-order valence-electron chi connectivity index (χ2n) is 4.95. The first kappa shape index (κ1) is 14.1. The van der Waals surface area contributed by atoms with Crippen molar-refractivity contribution in [2.24, 2.45) is 0 Å². The summed E-state index contributed by atoms with van der Waals surface area (Å²) in [5, 5.41) is 0. The highest BCUT2D eigenvalue weighted by Crippen LogP contribution is 2.19. The second-order valence-corrected chi connectivity index (χ2v) is 5.80. The van der Waals surface area contributed by atoms with E-state index in [4.69, 9.17) is 0 Å². The number of aromatic nitrogens is 1. The normalized spacial score (nSPS) is 15.1. The molecule has 1 aliphatic rings. The highest BCUT2D eigenvalue weighted by atomic mass is 79.9. The van der Waals surface area contributed by atoms with Crippen molar-refractivity contribution in [1.29, 1.82) is 0 Å². The fourth-order valence-corrected chi connectivity index (χ4v) is 2.92. The zero-order valence-corrected chi connectivity index (χ0v) is 13.2. The van der Waals surface area contributed by atoms with E-state index in [9.17, 15) is 4.79 Å². The number of hydrogen-bond donors (Lipinski definition) is 0. The third-order valence-electron chi connectivity index (χ3n) is 3.65. The molecule has 1 aliphatic heterocycles. The van der Waals surface area contributed by atoms with Gasteiger partial charge in [0.25, 0.3) is 5.91 Å². The highest BCUT2D eigenvalue weighted by molar-refractivity contribution is 9.10. The van der Waals surface area contributed by atoms with E-state index in [1.165, 1.54) is 5.69 Å². The predicted octanol–water partition coefficient (Wildman–Crippen LogP) is 2.81. The molecule has 0 atom stereocenters. The molecule has 5 heteroatoms. The Morgan fingerprint density at radius 3 is 2.38 bits per heavy atom. The molecule has 2 heterocycles. The van der Waals surface area contributed by atoms with Crippen molar-refractivity contribution in [2.75, 3.05) is 31.1 Å². The third-order valence-corrected chi connectivity index (χ3v) is 4.29. The van der Waals surface area contributed by atoms with Crippen LogP contribution in [-0.4, -0.2) is 42.0 Å². The van der Waals surface area contributed by atoms with Crippen LogP contribution in [0.2, 0.25) is 0 Å². The van der Waals surface area contributed by atoms with Gasteiger partial charge in [0.15, 0.2) is 0 Å². The van der Waals surface area contributed by atoms with Crippen molar-refractivity contribution in [2.45, 2.75) is 0 Å². The van der Waals surface area contributed by atoms with Crippen molar-refractivity contribution < 1.29 is 4.79 Å². The lowest BCUT2D eigenvalue weighted by atomic mass is 10.2. The van der Waals surface area contributed by atoms with Gasteiger partial charge in [-0.05, 0) is 40.2 Å². The first-order chi connectivity index (χ1) is 10.3. The number of para-hydroxylation sites is 1. The summed E-state index contributed by atoms with van der Waals surface area (Å²) in [6.45, 7) is 3.13. The van der Waals surface area contributed by atoms with Crippen LogP contribution in [-0.2, 0) is 0 Å². The van der Waals surface area contributed by atoms with Gasteiger partial charge >= 0.3 is 0 Å². The molecule has 3 rings (SSSR count). The predicted molar refractivity (Wildman–Crippen MR) is 86.5 cm³/mol. The summed E-state index contributed by atoms with van der Waals surface area (Å²) in [5.74, 6) is -0.00446. The highest BCUT2D eigenvalue weighted by Gasteiger charge is 2.24. The van der Waals surface area contributed by atoms with Gasteiger partial charge in [0, 0.05) is 42.5 Å². The van der Waals surface area contributed by atoms with Crippen LogP contribution in [0.1, 0.15) is 10.5 Å². The molecule has 0 bridgehead atoms. The smallest absolute Gasteiger partial charge is 0.273 e. The number of halogens is 1. The van der Waals surface area contributed by atoms with E-state index in [0.29, 0.717) is 5.69 Å². The third kappa shape index (κ3) is 3.08. The summed E-state index contributed by atoms with van der Waals surface area (Å²) in [6, 6.07) is 14.0. The fourth-order valence-electron chi connectivity index (χ4n) is 2.50. The number of anilines is 1. The number of hydrogen-bond acceptors (Lipinski definition) is 3. The van der Waals surface area contributed by atoms with E-state index in [-0.39, 0.29) is 5.91 Å². The van der Waals surface area contributed by atoms with Gasteiger partial charge in [-0.2, -0.15) is 0 Å². The maximum atomic E-state index is 12.5. The number of carbonyl (C=O) groups is 1. The minimum absolute atomic E-state index is 0.00446. The minimum atomic E-state index is -0.00446. The summed E-state index contributed by atoms with van der Waals surface area (Å²) in [7, 11) is 0. The molecule has 0 aliphatic carbocycles. The number of carbonyl (C=O) groups excluding carboxylic acids is 1. The van der Waals surface area contributed by atoms with Crippen molar-refractivity contribution >= 4 is 27.5 Å². The van der Waals surface area contributed by atoms with Gasteiger partial charge in [-0.15, -0.1) is 0 Å². The van der Waals surface area contributed by atoms with Gasteiger partial charge < -0.3 is 9.80 Å². The van der Waals surface area contributed by atoms with E-state index >= 15 is 0 Å². The Morgan fingerprint density at radius 2 is 1.71 bits per heavy atom. The van der Waals surface area contributed by atoms with Gasteiger partial charge in [0.05, 0.1) is 0 Å². The van der Waals surface area contributed by atoms with Crippen molar-refractivity contribution in [3.63, 3.8) is 0 Å². The summed E-state index contributed by atoms with van der Waals surface area (Å²) in [5.41, 5.74) is 1.70. The van der Waals surface area contributed by atoms with Gasteiger partial charge in [0.2, 0.25) is 0 Å². The molecule has 0 saturated carbocycles. The summed E-state index contributed by atoms with van der Waals surface area (Å²) in [6.07, 6.45) is 1.65.